The van der Waals surface area contributed by atoms with Crippen molar-refractivity contribution in [2.24, 2.45) is 0 Å². The van der Waals surface area contributed by atoms with E-state index >= 15 is 0 Å². The molecule has 54 valence electrons. The molecule has 1 saturated heterocycles. The highest BCUT2D eigenvalue weighted by atomic mass is 16.2. The summed E-state index contributed by atoms with van der Waals surface area (Å²) in [7, 11) is 0. The van der Waals surface area contributed by atoms with Crippen LogP contribution in [0.25, 0.3) is 0 Å². The van der Waals surface area contributed by atoms with Gasteiger partial charge in [-0.25, -0.2) is 4.79 Å². The van der Waals surface area contributed by atoms with Gasteiger partial charge in [-0.05, 0) is 12.8 Å². The summed E-state index contributed by atoms with van der Waals surface area (Å²) < 4.78 is 0. The van der Waals surface area contributed by atoms with E-state index in [1.165, 1.54) is 5.94 Å². The predicted octanol–water partition coefficient (Wildman–Crippen LogP) is -0.00340. The van der Waals surface area contributed by atoms with Crippen LogP contribution >= 0.6 is 0 Å². The molecule has 1 aliphatic heterocycles. The molecule has 0 bridgehead atoms. The Morgan fingerprint density at radius 2 is 2.00 bits per heavy atom. The maximum Gasteiger partial charge on any atom is 0.257 e. The highest BCUT2D eigenvalue weighted by Crippen LogP contribution is 2.06. The molecule has 0 unspecified atom stereocenters. The van der Waals surface area contributed by atoms with Crippen LogP contribution in [0.2, 0.25) is 0 Å². The Labute approximate surface area is 59.3 Å². The number of carbonyl (C=O) groups is 1. The number of hydrogen-bond acceptors (Lipinski definition) is 2. The Kier molecular flexibility index (Phi) is 2.24. The number of amides is 1. The van der Waals surface area contributed by atoms with Crippen molar-refractivity contribution in [3.63, 3.8) is 0 Å². The van der Waals surface area contributed by atoms with E-state index < -0.39 is 0 Å². The Balaban J connectivity index is 2.47. The van der Waals surface area contributed by atoms with Crippen molar-refractivity contribution >= 4 is 11.8 Å². The van der Waals surface area contributed by atoms with Gasteiger partial charge in [-0.15, -0.1) is 0 Å². The van der Waals surface area contributed by atoms with E-state index in [4.69, 9.17) is 0 Å². The van der Waals surface area contributed by atoms with Crippen LogP contribution in [0.15, 0.2) is 6.08 Å². The van der Waals surface area contributed by atoms with Crippen molar-refractivity contribution in [2.75, 3.05) is 13.1 Å². The molecular weight excluding hydrogens is 130 g/mol. The first-order chi connectivity index (χ1) is 4.84. The lowest BCUT2D eigenvalue weighted by Gasteiger charge is -2.10. The summed E-state index contributed by atoms with van der Waals surface area (Å²) >= 11 is 0. The summed E-state index contributed by atoms with van der Waals surface area (Å²) in [6.07, 6.45) is 3.06. The molecule has 3 nitrogen and oxygen atoms in total. The molecule has 0 radical (unpaired) electrons. The fraction of sp³-hybridized carbons (Fsp3) is 0.571. The maximum absolute atomic E-state index is 10.9. The third-order valence-electron chi connectivity index (χ3n) is 1.60. The van der Waals surface area contributed by atoms with E-state index in [-0.39, 0.29) is 5.91 Å². The van der Waals surface area contributed by atoms with E-state index in [1.54, 1.807) is 4.90 Å². The first-order valence-corrected chi connectivity index (χ1v) is 3.34. The average Bonchev–Trinajstić information content (AvgIpc) is 2.38. The van der Waals surface area contributed by atoms with Crippen molar-refractivity contribution in [1.82, 2.24) is 4.90 Å². The van der Waals surface area contributed by atoms with Gasteiger partial charge in [0.2, 0.25) is 0 Å². The largest absolute Gasteiger partial charge is 0.339 e. The smallest absolute Gasteiger partial charge is 0.257 e. The standard InChI is InChI=1S/C7H9NO2/c9-6-3-7(10)8-4-1-2-5-8/h3H,1-2,4-5H2. The van der Waals surface area contributed by atoms with Crippen LogP contribution in [0.3, 0.4) is 0 Å². The molecule has 0 spiro atoms. The lowest BCUT2D eigenvalue weighted by Crippen LogP contribution is -2.25. The SMILES string of the molecule is O=C=CC(=O)N1CCCC1. The molecule has 0 saturated carbocycles. The first-order valence-electron chi connectivity index (χ1n) is 3.34. The van der Waals surface area contributed by atoms with E-state index in [0.717, 1.165) is 32.0 Å². The van der Waals surface area contributed by atoms with Gasteiger partial charge in [0, 0.05) is 13.1 Å². The Morgan fingerprint density at radius 3 is 2.50 bits per heavy atom. The lowest BCUT2D eigenvalue weighted by atomic mass is 10.4. The first kappa shape index (κ1) is 7.03. The summed E-state index contributed by atoms with van der Waals surface area (Å²) in [5.74, 6) is 1.28. The zero-order chi connectivity index (χ0) is 7.40. The lowest BCUT2D eigenvalue weighted by molar-refractivity contribution is -0.124. The van der Waals surface area contributed by atoms with Gasteiger partial charge < -0.3 is 4.90 Å². The molecule has 1 rings (SSSR count). The normalized spacial score (nSPS) is 16.6. The van der Waals surface area contributed by atoms with E-state index in [0.29, 0.717) is 0 Å². The van der Waals surface area contributed by atoms with Crippen molar-refractivity contribution < 1.29 is 9.59 Å². The second-order valence-electron chi connectivity index (χ2n) is 2.29. The van der Waals surface area contributed by atoms with Gasteiger partial charge in [-0.2, -0.15) is 0 Å². The predicted molar refractivity (Wildman–Crippen MR) is 36.1 cm³/mol. The monoisotopic (exact) mass is 139 g/mol. The second-order valence-corrected chi connectivity index (χ2v) is 2.29. The third-order valence-corrected chi connectivity index (χ3v) is 1.60. The van der Waals surface area contributed by atoms with Gasteiger partial charge in [0.05, 0.1) is 6.08 Å². The molecule has 1 amide bonds. The van der Waals surface area contributed by atoms with Gasteiger partial charge in [0.25, 0.3) is 5.91 Å². The molecule has 0 aliphatic carbocycles. The Hall–Kier alpha value is -1.08. The quantitative estimate of drug-likeness (QED) is 0.378. The van der Waals surface area contributed by atoms with E-state index in [2.05, 4.69) is 0 Å². The Bertz CT molecular complexity index is 176. The van der Waals surface area contributed by atoms with E-state index in [1.807, 2.05) is 0 Å². The van der Waals surface area contributed by atoms with Crippen molar-refractivity contribution in [3.05, 3.63) is 6.08 Å². The summed E-state index contributed by atoms with van der Waals surface area (Å²) in [4.78, 5) is 22.3. The summed E-state index contributed by atoms with van der Waals surface area (Å²) in [5.41, 5.74) is 0. The molecule has 10 heavy (non-hydrogen) atoms. The van der Waals surface area contributed by atoms with Gasteiger partial charge in [-0.3, -0.25) is 4.79 Å². The third kappa shape index (κ3) is 1.45. The van der Waals surface area contributed by atoms with Crippen LogP contribution in [0, 0.1) is 0 Å². The number of likely N-dealkylation sites (tertiary alicyclic amines) is 1. The highest BCUT2D eigenvalue weighted by Gasteiger charge is 2.14. The molecule has 0 N–H and O–H groups in total. The molecule has 0 atom stereocenters. The van der Waals surface area contributed by atoms with Crippen LogP contribution in [-0.2, 0) is 9.59 Å². The summed E-state index contributed by atoms with van der Waals surface area (Å²) in [5, 5.41) is 0. The van der Waals surface area contributed by atoms with Crippen LogP contribution in [0.5, 0.6) is 0 Å². The minimum atomic E-state index is -0.201. The van der Waals surface area contributed by atoms with Crippen LogP contribution in [0.4, 0.5) is 0 Å². The van der Waals surface area contributed by atoms with Crippen LogP contribution in [-0.4, -0.2) is 29.8 Å². The van der Waals surface area contributed by atoms with Gasteiger partial charge in [0.1, 0.15) is 5.94 Å². The minimum Gasteiger partial charge on any atom is -0.339 e. The number of hydrogen-bond donors (Lipinski definition) is 0. The zero-order valence-electron chi connectivity index (χ0n) is 5.67. The summed E-state index contributed by atoms with van der Waals surface area (Å²) in [6.45, 7) is 1.58. The van der Waals surface area contributed by atoms with Gasteiger partial charge in [0.15, 0.2) is 0 Å². The highest BCUT2D eigenvalue weighted by molar-refractivity contribution is 5.94. The molecular formula is C7H9NO2. The van der Waals surface area contributed by atoms with Crippen LogP contribution in [0.1, 0.15) is 12.8 Å². The van der Waals surface area contributed by atoms with E-state index in [9.17, 15) is 9.59 Å². The zero-order valence-corrected chi connectivity index (χ0v) is 5.67. The van der Waals surface area contributed by atoms with Gasteiger partial charge >= 0.3 is 0 Å². The molecule has 1 aliphatic rings. The average molecular weight is 139 g/mol. The fourth-order valence-corrected chi connectivity index (χ4v) is 1.08. The molecule has 0 aromatic heterocycles. The molecule has 1 fully saturated rings. The van der Waals surface area contributed by atoms with Gasteiger partial charge in [-0.1, -0.05) is 0 Å². The van der Waals surface area contributed by atoms with Crippen LogP contribution < -0.4 is 0 Å². The maximum atomic E-state index is 10.9. The molecule has 0 aromatic rings. The number of nitrogens with zero attached hydrogens (tertiary/aromatic N) is 1. The molecule has 3 heteroatoms. The minimum absolute atomic E-state index is 0.201. The van der Waals surface area contributed by atoms with Crippen molar-refractivity contribution in [2.45, 2.75) is 12.8 Å². The topological polar surface area (TPSA) is 37.4 Å². The second kappa shape index (κ2) is 3.18. The van der Waals surface area contributed by atoms with Crippen molar-refractivity contribution in [1.29, 1.82) is 0 Å². The fourth-order valence-electron chi connectivity index (χ4n) is 1.08. The Morgan fingerprint density at radius 1 is 1.40 bits per heavy atom. The number of rotatable bonds is 1. The number of carbonyl (C=O) groups excluding carboxylic acids is 2. The summed E-state index contributed by atoms with van der Waals surface area (Å²) in [6, 6.07) is 0. The van der Waals surface area contributed by atoms with Crippen molar-refractivity contribution in [3.8, 4) is 0 Å². The molecule has 0 aromatic carbocycles. The molecule has 1 heterocycles.